The predicted octanol–water partition coefficient (Wildman–Crippen LogP) is 4.74. The molecule has 1 aliphatic carbocycles. The fourth-order valence-corrected chi connectivity index (χ4v) is 4.14. The first-order chi connectivity index (χ1) is 10.0. The molecule has 0 spiro atoms. The molecule has 1 fully saturated rings. The van der Waals surface area contributed by atoms with E-state index >= 15 is 0 Å². The molecule has 2 unspecified atom stereocenters. The molecular weight excluding hydrogens is 287 g/mol. The molecule has 0 saturated heterocycles. The van der Waals surface area contributed by atoms with Crippen LogP contribution in [0.2, 0.25) is 0 Å². The van der Waals surface area contributed by atoms with E-state index in [0.717, 1.165) is 12.0 Å². The molecule has 1 saturated carbocycles. The predicted molar refractivity (Wildman–Crippen MR) is 85.8 cm³/mol. The van der Waals surface area contributed by atoms with Crippen LogP contribution in [0.15, 0.2) is 24.3 Å². The van der Waals surface area contributed by atoms with Crippen molar-refractivity contribution in [2.75, 3.05) is 0 Å². The lowest BCUT2D eigenvalue weighted by Crippen LogP contribution is -2.15. The van der Waals surface area contributed by atoms with Gasteiger partial charge in [0.1, 0.15) is 5.82 Å². The minimum atomic E-state index is -1.03. The second-order valence-electron chi connectivity index (χ2n) is 5.73. The normalized spacial score (nSPS) is 22.6. The van der Waals surface area contributed by atoms with Crippen LogP contribution in [0, 0.1) is 11.7 Å². The van der Waals surface area contributed by atoms with Gasteiger partial charge >= 0.3 is 5.97 Å². The highest BCUT2D eigenvalue weighted by Gasteiger charge is 2.19. The van der Waals surface area contributed by atoms with Crippen LogP contribution in [0.5, 0.6) is 0 Å². The largest absolute Gasteiger partial charge is 0.478 e. The Bertz CT molecular complexity index is 528. The SMILES string of the molecule is CC1CCCC(SCc2ccc(C=CC(=O)O)cc2F)C1. The smallest absolute Gasteiger partial charge is 0.328 e. The molecule has 1 aromatic rings. The Balaban J connectivity index is 1.93. The maximum atomic E-state index is 14.0. The summed E-state index contributed by atoms with van der Waals surface area (Å²) in [5.74, 6) is 0.191. The van der Waals surface area contributed by atoms with Gasteiger partial charge in [-0.1, -0.05) is 31.9 Å². The van der Waals surface area contributed by atoms with E-state index in [2.05, 4.69) is 6.92 Å². The fraction of sp³-hybridized carbons (Fsp3) is 0.471. The summed E-state index contributed by atoms with van der Waals surface area (Å²) in [5, 5.41) is 9.20. The quantitative estimate of drug-likeness (QED) is 0.799. The van der Waals surface area contributed by atoms with E-state index in [1.807, 2.05) is 11.8 Å². The van der Waals surface area contributed by atoms with Crippen molar-refractivity contribution in [3.8, 4) is 0 Å². The standard InChI is InChI=1S/C17H21FO2S/c1-12-3-2-4-15(9-12)21-11-14-7-5-13(10-16(14)18)6-8-17(19)20/h5-8,10,12,15H,2-4,9,11H2,1H3,(H,19,20). The van der Waals surface area contributed by atoms with Crippen molar-refractivity contribution >= 4 is 23.8 Å². The summed E-state index contributed by atoms with van der Waals surface area (Å²) in [6.07, 6.45) is 7.48. The van der Waals surface area contributed by atoms with Gasteiger partial charge in [-0.25, -0.2) is 9.18 Å². The van der Waals surface area contributed by atoms with Gasteiger partial charge in [0.15, 0.2) is 0 Å². The summed E-state index contributed by atoms with van der Waals surface area (Å²) < 4.78 is 14.0. The molecule has 4 heteroatoms. The molecule has 1 N–H and O–H groups in total. The first-order valence-corrected chi connectivity index (χ1v) is 8.40. The molecule has 114 valence electrons. The minimum absolute atomic E-state index is 0.251. The average molecular weight is 308 g/mol. The third kappa shape index (κ3) is 5.20. The molecule has 0 aromatic heterocycles. The lowest BCUT2D eigenvalue weighted by atomic mass is 9.91. The Kier molecular flexibility index (Phi) is 5.85. The highest BCUT2D eigenvalue weighted by atomic mass is 32.2. The number of hydrogen-bond acceptors (Lipinski definition) is 2. The highest BCUT2D eigenvalue weighted by Crippen LogP contribution is 2.34. The number of thioether (sulfide) groups is 1. The number of aliphatic carboxylic acids is 1. The van der Waals surface area contributed by atoms with Gasteiger partial charge in [-0.15, -0.1) is 0 Å². The van der Waals surface area contributed by atoms with E-state index in [-0.39, 0.29) is 5.82 Å². The first-order valence-electron chi connectivity index (χ1n) is 7.35. The lowest BCUT2D eigenvalue weighted by molar-refractivity contribution is -0.131. The van der Waals surface area contributed by atoms with Gasteiger partial charge in [0, 0.05) is 17.1 Å². The van der Waals surface area contributed by atoms with Crippen LogP contribution >= 0.6 is 11.8 Å². The van der Waals surface area contributed by atoms with E-state index in [0.29, 0.717) is 22.1 Å². The fourth-order valence-electron chi connectivity index (χ4n) is 2.69. The molecular formula is C17H21FO2S. The molecule has 0 amide bonds. The highest BCUT2D eigenvalue weighted by molar-refractivity contribution is 7.99. The van der Waals surface area contributed by atoms with Crippen molar-refractivity contribution in [3.63, 3.8) is 0 Å². The number of halogens is 1. The molecule has 21 heavy (non-hydrogen) atoms. The Labute approximate surface area is 129 Å². The van der Waals surface area contributed by atoms with Gasteiger partial charge < -0.3 is 5.11 Å². The number of carboxylic acids is 1. The van der Waals surface area contributed by atoms with Crippen molar-refractivity contribution in [2.45, 2.75) is 43.6 Å². The van der Waals surface area contributed by atoms with Gasteiger partial charge in [0.05, 0.1) is 0 Å². The van der Waals surface area contributed by atoms with Gasteiger partial charge in [0.2, 0.25) is 0 Å². The molecule has 2 atom stereocenters. The van der Waals surface area contributed by atoms with Crippen LogP contribution in [-0.2, 0) is 10.5 Å². The zero-order valence-corrected chi connectivity index (χ0v) is 13.0. The summed E-state index contributed by atoms with van der Waals surface area (Å²) in [6.45, 7) is 2.29. The van der Waals surface area contributed by atoms with E-state index in [9.17, 15) is 9.18 Å². The minimum Gasteiger partial charge on any atom is -0.478 e. The molecule has 1 aromatic carbocycles. The van der Waals surface area contributed by atoms with Gasteiger partial charge in [0.25, 0.3) is 0 Å². The zero-order chi connectivity index (χ0) is 15.2. The molecule has 0 heterocycles. The first kappa shape index (κ1) is 16.1. The second-order valence-corrected chi connectivity index (χ2v) is 7.02. The number of rotatable bonds is 5. The average Bonchev–Trinajstić information content (AvgIpc) is 2.44. The van der Waals surface area contributed by atoms with Crippen molar-refractivity contribution < 1.29 is 14.3 Å². The Hall–Kier alpha value is -1.29. The van der Waals surface area contributed by atoms with E-state index in [1.165, 1.54) is 37.8 Å². The monoisotopic (exact) mass is 308 g/mol. The second kappa shape index (κ2) is 7.64. The molecule has 2 nitrogen and oxygen atoms in total. The number of benzene rings is 1. The van der Waals surface area contributed by atoms with Crippen molar-refractivity contribution in [1.82, 2.24) is 0 Å². The van der Waals surface area contributed by atoms with Crippen LogP contribution in [0.3, 0.4) is 0 Å². The Morgan fingerprint density at radius 2 is 2.29 bits per heavy atom. The lowest BCUT2D eigenvalue weighted by Gasteiger charge is -2.26. The molecule has 0 bridgehead atoms. The van der Waals surface area contributed by atoms with Crippen LogP contribution < -0.4 is 0 Å². The van der Waals surface area contributed by atoms with Gasteiger partial charge in [-0.05, 0) is 42.0 Å². The molecule has 2 rings (SSSR count). The number of carbonyl (C=O) groups is 1. The summed E-state index contributed by atoms with van der Waals surface area (Å²) in [6, 6.07) is 4.93. The van der Waals surface area contributed by atoms with Crippen molar-refractivity contribution in [1.29, 1.82) is 0 Å². The van der Waals surface area contributed by atoms with Gasteiger partial charge in [-0.3, -0.25) is 0 Å². The maximum Gasteiger partial charge on any atom is 0.328 e. The number of hydrogen-bond donors (Lipinski definition) is 1. The van der Waals surface area contributed by atoms with E-state index < -0.39 is 5.97 Å². The summed E-state index contributed by atoms with van der Waals surface area (Å²) in [7, 11) is 0. The van der Waals surface area contributed by atoms with E-state index in [4.69, 9.17) is 5.11 Å². The Morgan fingerprint density at radius 3 is 2.95 bits per heavy atom. The van der Waals surface area contributed by atoms with Gasteiger partial charge in [-0.2, -0.15) is 11.8 Å². The van der Waals surface area contributed by atoms with Crippen molar-refractivity contribution in [3.05, 3.63) is 41.2 Å². The topological polar surface area (TPSA) is 37.3 Å². The zero-order valence-electron chi connectivity index (χ0n) is 12.2. The summed E-state index contributed by atoms with van der Waals surface area (Å²) in [4.78, 5) is 10.4. The molecule has 0 aliphatic heterocycles. The Morgan fingerprint density at radius 1 is 1.48 bits per heavy atom. The van der Waals surface area contributed by atoms with Crippen molar-refractivity contribution in [2.24, 2.45) is 5.92 Å². The summed E-state index contributed by atoms with van der Waals surface area (Å²) >= 11 is 1.84. The van der Waals surface area contributed by atoms with Crippen LogP contribution in [0.1, 0.15) is 43.7 Å². The maximum absolute atomic E-state index is 14.0. The number of carboxylic acid groups (broad SMARTS) is 1. The van der Waals surface area contributed by atoms with Crippen LogP contribution in [0.25, 0.3) is 6.08 Å². The molecule has 1 aliphatic rings. The summed E-state index contributed by atoms with van der Waals surface area (Å²) in [5.41, 5.74) is 1.28. The molecule has 0 radical (unpaired) electrons. The van der Waals surface area contributed by atoms with E-state index in [1.54, 1.807) is 12.1 Å². The van der Waals surface area contributed by atoms with Crippen LogP contribution in [-0.4, -0.2) is 16.3 Å². The third-order valence-corrected chi connectivity index (χ3v) is 5.24. The third-order valence-electron chi connectivity index (χ3n) is 3.86. The van der Waals surface area contributed by atoms with Crippen LogP contribution in [0.4, 0.5) is 4.39 Å².